The Kier molecular flexibility index (Phi) is 13.4. The minimum atomic E-state index is -2.24. The number of benzene rings is 8. The van der Waals surface area contributed by atoms with Crippen LogP contribution in [-0.2, 0) is 13.0 Å². The summed E-state index contributed by atoms with van der Waals surface area (Å²) in [4.78, 5) is 2.41. The van der Waals surface area contributed by atoms with Gasteiger partial charge >= 0.3 is 0 Å². The van der Waals surface area contributed by atoms with Gasteiger partial charge in [0.15, 0.2) is 46.5 Å². The fraction of sp³-hybridized carbons (Fsp3) is 0.200. The van der Waals surface area contributed by atoms with Crippen molar-refractivity contribution in [3.8, 4) is 55.6 Å². The number of unbranched alkanes of at least 4 members (excludes halogenated alkanes) is 2. The fourth-order valence-electron chi connectivity index (χ4n) is 9.01. The molecule has 0 aliphatic heterocycles. The normalized spacial score (nSPS) is 11.7. The summed E-state index contributed by atoms with van der Waals surface area (Å²) in [6, 6.07) is 31.6. The third kappa shape index (κ3) is 8.23. The van der Waals surface area contributed by atoms with E-state index < -0.39 is 69.3 Å². The first-order valence-corrected chi connectivity index (χ1v) is 21.9. The molecule has 0 saturated heterocycles. The second-order valence-electron chi connectivity index (χ2n) is 16.4. The molecule has 66 heavy (non-hydrogen) atoms. The van der Waals surface area contributed by atoms with Gasteiger partial charge in [0.2, 0.25) is 11.6 Å². The number of halogens is 10. The van der Waals surface area contributed by atoms with Crippen LogP contribution in [-0.4, -0.2) is 18.0 Å². The molecule has 1 nitrogen and oxygen atoms in total. The predicted molar refractivity (Wildman–Crippen MR) is 243 cm³/mol. The summed E-state index contributed by atoms with van der Waals surface area (Å²) in [6.45, 7) is 8.32. The smallest absolute Gasteiger partial charge is 0.200 e. The Morgan fingerprint density at radius 2 is 0.697 bits per heavy atom. The molecule has 8 aromatic rings. The van der Waals surface area contributed by atoms with Crippen molar-refractivity contribution in [3.05, 3.63) is 178 Å². The van der Waals surface area contributed by atoms with Crippen LogP contribution in [0.25, 0.3) is 77.2 Å². The van der Waals surface area contributed by atoms with Gasteiger partial charge in [0, 0.05) is 6.54 Å². The molecule has 0 aliphatic carbocycles. The molecule has 0 fully saturated rings. The topological polar surface area (TPSA) is 3.24 Å². The van der Waals surface area contributed by atoms with Gasteiger partial charge in [-0.05, 0) is 122 Å². The summed E-state index contributed by atoms with van der Waals surface area (Å²) in [6.07, 6.45) is 4.26. The molecule has 338 valence electrons. The first kappa shape index (κ1) is 46.1. The van der Waals surface area contributed by atoms with E-state index in [1.165, 1.54) is 24.3 Å². The first-order valence-electron chi connectivity index (χ1n) is 21.9. The molecule has 0 aliphatic rings. The average molecular weight is 908 g/mol. The zero-order valence-corrected chi connectivity index (χ0v) is 36.3. The lowest BCUT2D eigenvalue weighted by Crippen LogP contribution is -2.26. The quantitative estimate of drug-likeness (QED) is 0.0597. The van der Waals surface area contributed by atoms with Gasteiger partial charge in [-0.25, -0.2) is 43.9 Å². The molecule has 0 N–H and O–H groups in total. The van der Waals surface area contributed by atoms with E-state index in [-0.39, 0.29) is 11.1 Å². The molecule has 8 rings (SSSR count). The van der Waals surface area contributed by atoms with Crippen molar-refractivity contribution < 1.29 is 43.9 Å². The monoisotopic (exact) mass is 907 g/mol. The van der Waals surface area contributed by atoms with Crippen molar-refractivity contribution in [2.45, 2.75) is 59.4 Å². The van der Waals surface area contributed by atoms with E-state index in [4.69, 9.17) is 0 Å². The number of hydrogen-bond donors (Lipinski definition) is 0. The van der Waals surface area contributed by atoms with Crippen molar-refractivity contribution in [3.63, 3.8) is 0 Å². The zero-order valence-electron chi connectivity index (χ0n) is 36.3. The summed E-state index contributed by atoms with van der Waals surface area (Å²) in [5.41, 5.74) is 4.05. The second kappa shape index (κ2) is 19.2. The lowest BCUT2D eigenvalue weighted by Gasteiger charge is -2.28. The molecule has 0 aromatic heterocycles. The van der Waals surface area contributed by atoms with Crippen LogP contribution in [0.15, 0.2) is 109 Å². The van der Waals surface area contributed by atoms with Crippen LogP contribution in [0.3, 0.4) is 0 Å². The van der Waals surface area contributed by atoms with E-state index >= 15 is 8.78 Å². The number of hydrogen-bond acceptors (Lipinski definition) is 1. The molecule has 0 bridgehead atoms. The summed E-state index contributed by atoms with van der Waals surface area (Å²) in [7, 11) is 0. The fourth-order valence-corrected chi connectivity index (χ4v) is 9.01. The van der Waals surface area contributed by atoms with Gasteiger partial charge in [-0.3, -0.25) is 4.90 Å². The summed E-state index contributed by atoms with van der Waals surface area (Å²) in [5.74, 6) is -20.3. The number of fused-ring (bicyclic) bond motifs is 2. The van der Waals surface area contributed by atoms with Crippen molar-refractivity contribution in [2.24, 2.45) is 0 Å². The molecule has 8 aromatic carbocycles. The van der Waals surface area contributed by atoms with Gasteiger partial charge in [-0.2, -0.15) is 0 Å². The average Bonchev–Trinajstić information content (AvgIpc) is 3.34. The molecule has 0 saturated carbocycles. The molecule has 0 atom stereocenters. The van der Waals surface area contributed by atoms with Crippen molar-refractivity contribution in [2.75, 3.05) is 13.1 Å². The maximum absolute atomic E-state index is 15.1. The first-order chi connectivity index (χ1) is 31.8. The third-order valence-electron chi connectivity index (χ3n) is 12.3. The summed E-state index contributed by atoms with van der Waals surface area (Å²) >= 11 is 0. The van der Waals surface area contributed by atoms with Gasteiger partial charge < -0.3 is 0 Å². The van der Waals surface area contributed by atoms with Crippen LogP contribution in [0.4, 0.5) is 43.9 Å². The van der Waals surface area contributed by atoms with Gasteiger partial charge in [0.05, 0.1) is 11.1 Å². The Labute approximate surface area is 376 Å². The highest BCUT2D eigenvalue weighted by molar-refractivity contribution is 6.12. The number of rotatable bonds is 14. The van der Waals surface area contributed by atoms with Crippen LogP contribution in [0.2, 0.25) is 0 Å². The maximum Gasteiger partial charge on any atom is 0.200 e. The summed E-state index contributed by atoms with van der Waals surface area (Å²) in [5, 5.41) is 3.59. The van der Waals surface area contributed by atoms with E-state index in [9.17, 15) is 35.1 Å². The van der Waals surface area contributed by atoms with E-state index in [2.05, 4.69) is 24.8 Å². The Balaban J connectivity index is 1.40. The van der Waals surface area contributed by atoms with Crippen LogP contribution in [0.5, 0.6) is 0 Å². The van der Waals surface area contributed by atoms with E-state index in [1.54, 1.807) is 24.3 Å². The molecule has 0 radical (unpaired) electrons. The lowest BCUT2D eigenvalue weighted by molar-refractivity contribution is 0.258. The van der Waals surface area contributed by atoms with Crippen molar-refractivity contribution >= 4 is 21.5 Å². The standard InChI is InChI=1S/C55H43F10N/c1-4-7-25-66(26-8-5-2)29-41-40(31-19-23-33(24-20-31)43-48(58)52(62)55(65)53(63)49(43)59)28-35-14-10-12-16-38(35)45(41)44-36(6-3)39(27-34-13-9-11-15-37(34)44)30-17-21-32(22-18-30)42-46(56)50(60)54(64)51(61)47(42)57/h9-24,27-28H,4-8,25-26,29H2,1-3H3. The largest absolute Gasteiger partial charge is 0.299 e. The maximum atomic E-state index is 15.1. The Morgan fingerprint density at radius 1 is 0.364 bits per heavy atom. The molecule has 11 heteroatoms. The second-order valence-corrected chi connectivity index (χ2v) is 16.4. The minimum Gasteiger partial charge on any atom is -0.299 e. The van der Waals surface area contributed by atoms with Gasteiger partial charge in [0.1, 0.15) is 0 Å². The van der Waals surface area contributed by atoms with E-state index in [0.717, 1.165) is 93.7 Å². The highest BCUT2D eigenvalue weighted by Crippen LogP contribution is 2.47. The van der Waals surface area contributed by atoms with Crippen molar-refractivity contribution in [1.29, 1.82) is 0 Å². The molecule has 0 heterocycles. The highest BCUT2D eigenvalue weighted by atomic mass is 19.2. The van der Waals surface area contributed by atoms with Crippen LogP contribution >= 0.6 is 0 Å². The molecular formula is C55H43F10N. The lowest BCUT2D eigenvalue weighted by atomic mass is 9.80. The van der Waals surface area contributed by atoms with Crippen LogP contribution < -0.4 is 0 Å². The van der Waals surface area contributed by atoms with Gasteiger partial charge in [-0.15, -0.1) is 0 Å². The van der Waals surface area contributed by atoms with Crippen molar-refractivity contribution in [1.82, 2.24) is 4.90 Å². The Bertz CT molecular complexity index is 3060. The third-order valence-corrected chi connectivity index (χ3v) is 12.3. The molecule has 0 amide bonds. The highest BCUT2D eigenvalue weighted by Gasteiger charge is 2.29. The Hall–Kier alpha value is -6.46. The Morgan fingerprint density at radius 3 is 1.08 bits per heavy atom. The van der Waals surface area contributed by atoms with E-state index in [0.29, 0.717) is 24.1 Å². The van der Waals surface area contributed by atoms with Gasteiger partial charge in [0.25, 0.3) is 0 Å². The van der Waals surface area contributed by atoms with Gasteiger partial charge in [-0.1, -0.05) is 131 Å². The molecule has 0 spiro atoms. The predicted octanol–water partition coefficient (Wildman–Crippen LogP) is 16.7. The SMILES string of the molecule is CCCCN(CCCC)Cc1c(-c2ccc(-c3c(F)c(F)c(F)c(F)c3F)cc2)cc2ccccc2c1-c1c(CC)c(-c2ccc(-c3c(F)c(F)c(F)c(F)c3F)cc2)cc2ccccc12. The van der Waals surface area contributed by atoms with E-state index in [1.807, 2.05) is 61.5 Å². The minimum absolute atomic E-state index is 0.195. The zero-order chi connectivity index (χ0) is 47.0. The molecular weight excluding hydrogens is 865 g/mol. The molecule has 0 unspecified atom stereocenters. The van der Waals surface area contributed by atoms with Crippen LogP contribution in [0.1, 0.15) is 57.6 Å². The summed E-state index contributed by atoms with van der Waals surface area (Å²) < 4.78 is 145. The van der Waals surface area contributed by atoms with Crippen LogP contribution in [0, 0.1) is 58.2 Å². The number of nitrogens with zero attached hydrogens (tertiary/aromatic N) is 1.